The van der Waals surface area contributed by atoms with Gasteiger partial charge in [-0.3, -0.25) is 9.79 Å². The molecule has 0 saturated carbocycles. The molecule has 4 rings (SSSR count). The highest BCUT2D eigenvalue weighted by molar-refractivity contribution is 8.01. The lowest BCUT2D eigenvalue weighted by molar-refractivity contribution is -0.125. The standard InChI is InChI=1S/C21H24N2O3S/c1-25-17-7-5-6-14(19(17)26-2)12-23-20(24)15-13-27-21-10-4-3-8-18(21)22-11-9-16(15)21/h3-7,9,11,15-16H,8,10,12-13H2,1-2H3,(H,23,24). The summed E-state index contributed by atoms with van der Waals surface area (Å²) in [6.07, 6.45) is 10.3. The zero-order chi connectivity index (χ0) is 18.9. The first kappa shape index (κ1) is 18.2. The van der Waals surface area contributed by atoms with Gasteiger partial charge in [0.25, 0.3) is 0 Å². The SMILES string of the molecule is COc1cccc(CNC(=O)C2CSC34CC=CCC3=NC=CC24)c1OC. The van der Waals surface area contributed by atoms with Gasteiger partial charge in [0.15, 0.2) is 11.5 Å². The number of nitrogens with zero attached hydrogens (tertiary/aromatic N) is 1. The lowest BCUT2D eigenvalue weighted by Crippen LogP contribution is -2.45. The topological polar surface area (TPSA) is 59.9 Å². The average molecular weight is 385 g/mol. The number of benzene rings is 1. The fourth-order valence-electron chi connectivity index (χ4n) is 4.30. The molecule has 2 heterocycles. The van der Waals surface area contributed by atoms with E-state index in [0.717, 1.165) is 24.2 Å². The number of hydrogen-bond acceptors (Lipinski definition) is 5. The second-order valence-electron chi connectivity index (χ2n) is 7.00. The Labute approximate surface area is 163 Å². The molecule has 1 aromatic rings. The first-order valence-electron chi connectivity index (χ1n) is 9.20. The van der Waals surface area contributed by atoms with Crippen LogP contribution in [0.1, 0.15) is 18.4 Å². The molecule has 3 atom stereocenters. The Morgan fingerprint density at radius 1 is 1.33 bits per heavy atom. The van der Waals surface area contributed by atoms with Crippen molar-refractivity contribution in [2.24, 2.45) is 16.8 Å². The summed E-state index contributed by atoms with van der Waals surface area (Å²) in [7, 11) is 3.23. The molecule has 1 aromatic carbocycles. The van der Waals surface area contributed by atoms with Crippen LogP contribution >= 0.6 is 11.8 Å². The van der Waals surface area contributed by atoms with Crippen molar-refractivity contribution in [3.63, 3.8) is 0 Å². The lowest BCUT2D eigenvalue weighted by Gasteiger charge is -2.38. The van der Waals surface area contributed by atoms with Crippen molar-refractivity contribution in [1.82, 2.24) is 5.32 Å². The summed E-state index contributed by atoms with van der Waals surface area (Å²) in [6.45, 7) is 0.421. The van der Waals surface area contributed by atoms with Crippen LogP contribution in [0.4, 0.5) is 0 Å². The molecule has 0 bridgehead atoms. The molecule has 2 aliphatic heterocycles. The van der Waals surface area contributed by atoms with E-state index in [9.17, 15) is 4.79 Å². The minimum absolute atomic E-state index is 0.0286. The second kappa shape index (κ2) is 7.43. The Morgan fingerprint density at radius 2 is 2.22 bits per heavy atom. The van der Waals surface area contributed by atoms with Gasteiger partial charge in [-0.25, -0.2) is 0 Å². The van der Waals surface area contributed by atoms with E-state index in [1.54, 1.807) is 14.2 Å². The molecule has 1 N–H and O–H groups in total. The van der Waals surface area contributed by atoms with Gasteiger partial charge in [-0.05, 0) is 12.5 Å². The number of aliphatic imine (C=N–C) groups is 1. The van der Waals surface area contributed by atoms with Crippen molar-refractivity contribution in [3.05, 3.63) is 48.2 Å². The number of hydrogen-bond donors (Lipinski definition) is 1. The van der Waals surface area contributed by atoms with Gasteiger partial charge in [-0.1, -0.05) is 30.4 Å². The maximum Gasteiger partial charge on any atom is 0.224 e. The summed E-state index contributed by atoms with van der Waals surface area (Å²) in [5.74, 6) is 2.41. The minimum atomic E-state index is -0.0418. The molecule has 0 radical (unpaired) electrons. The quantitative estimate of drug-likeness (QED) is 0.791. The molecule has 1 aliphatic carbocycles. The first-order chi connectivity index (χ1) is 13.2. The van der Waals surface area contributed by atoms with Crippen LogP contribution in [0.25, 0.3) is 0 Å². The summed E-state index contributed by atoms with van der Waals surface area (Å²) in [5, 5.41) is 3.11. The van der Waals surface area contributed by atoms with Crippen molar-refractivity contribution >= 4 is 23.4 Å². The van der Waals surface area contributed by atoms with Gasteiger partial charge in [0.05, 0.1) is 24.9 Å². The molecule has 6 heteroatoms. The Balaban J connectivity index is 1.48. The highest BCUT2D eigenvalue weighted by Crippen LogP contribution is 2.53. The maximum atomic E-state index is 13.0. The summed E-state index contributed by atoms with van der Waals surface area (Å²) in [6, 6.07) is 5.71. The van der Waals surface area contributed by atoms with Gasteiger partial charge < -0.3 is 14.8 Å². The predicted octanol–water partition coefficient (Wildman–Crippen LogP) is 3.36. The Morgan fingerprint density at radius 3 is 3.04 bits per heavy atom. The zero-order valence-corrected chi connectivity index (χ0v) is 16.4. The Bertz CT molecular complexity index is 833. The number of thioether (sulfide) groups is 1. The zero-order valence-electron chi connectivity index (χ0n) is 15.6. The van der Waals surface area contributed by atoms with E-state index >= 15 is 0 Å². The third kappa shape index (κ3) is 3.06. The van der Waals surface area contributed by atoms with E-state index < -0.39 is 0 Å². The molecule has 1 spiro atoms. The van der Waals surface area contributed by atoms with Crippen LogP contribution < -0.4 is 14.8 Å². The molecule has 0 aromatic heterocycles. The van der Waals surface area contributed by atoms with E-state index in [2.05, 4.69) is 28.5 Å². The summed E-state index contributed by atoms with van der Waals surface area (Å²) in [4.78, 5) is 17.6. The van der Waals surface area contributed by atoms with Crippen molar-refractivity contribution < 1.29 is 14.3 Å². The van der Waals surface area contributed by atoms with Crippen LogP contribution in [0.3, 0.4) is 0 Å². The molecule has 1 amide bonds. The molecule has 3 aliphatic rings. The maximum absolute atomic E-state index is 13.0. The second-order valence-corrected chi connectivity index (χ2v) is 8.35. The van der Waals surface area contributed by atoms with Crippen molar-refractivity contribution in [1.29, 1.82) is 0 Å². The number of allylic oxidation sites excluding steroid dienone is 3. The summed E-state index contributed by atoms with van der Waals surface area (Å²) in [5.41, 5.74) is 2.12. The van der Waals surface area contributed by atoms with Crippen LogP contribution in [0.5, 0.6) is 11.5 Å². The number of carbonyl (C=O) groups excluding carboxylic acids is 1. The van der Waals surface area contributed by atoms with E-state index in [1.807, 2.05) is 36.2 Å². The molecule has 1 fully saturated rings. The minimum Gasteiger partial charge on any atom is -0.493 e. The third-order valence-electron chi connectivity index (χ3n) is 5.68. The number of nitrogens with one attached hydrogen (secondary N) is 1. The molecule has 5 nitrogen and oxygen atoms in total. The molecular weight excluding hydrogens is 360 g/mol. The van der Waals surface area contributed by atoms with E-state index in [4.69, 9.17) is 9.47 Å². The average Bonchev–Trinajstić information content (AvgIpc) is 3.09. The van der Waals surface area contributed by atoms with Crippen molar-refractivity contribution in [3.8, 4) is 11.5 Å². The van der Waals surface area contributed by atoms with Gasteiger partial charge in [0.2, 0.25) is 5.91 Å². The number of ether oxygens (including phenoxy) is 2. The largest absolute Gasteiger partial charge is 0.493 e. The Kier molecular flexibility index (Phi) is 5.00. The molecular formula is C21H24N2O3S. The van der Waals surface area contributed by atoms with Gasteiger partial charge in [-0.15, -0.1) is 11.8 Å². The summed E-state index contributed by atoms with van der Waals surface area (Å²) >= 11 is 1.89. The highest BCUT2D eigenvalue weighted by Gasteiger charge is 2.54. The van der Waals surface area contributed by atoms with Gasteiger partial charge in [0.1, 0.15) is 0 Å². The van der Waals surface area contributed by atoms with Crippen molar-refractivity contribution in [2.75, 3.05) is 20.0 Å². The monoisotopic (exact) mass is 384 g/mol. The summed E-state index contributed by atoms with van der Waals surface area (Å²) < 4.78 is 10.8. The predicted molar refractivity (Wildman–Crippen MR) is 109 cm³/mol. The van der Waals surface area contributed by atoms with E-state index in [1.165, 1.54) is 5.71 Å². The van der Waals surface area contributed by atoms with Crippen LogP contribution in [-0.4, -0.2) is 36.3 Å². The fraction of sp³-hybridized carbons (Fsp3) is 0.429. The number of methoxy groups -OCH3 is 2. The van der Waals surface area contributed by atoms with Gasteiger partial charge in [-0.2, -0.15) is 0 Å². The molecule has 3 unspecified atom stereocenters. The normalized spacial score (nSPS) is 28.1. The van der Waals surface area contributed by atoms with Crippen molar-refractivity contribution in [2.45, 2.75) is 24.1 Å². The van der Waals surface area contributed by atoms with Crippen LogP contribution in [0.2, 0.25) is 0 Å². The van der Waals surface area contributed by atoms with Gasteiger partial charge >= 0.3 is 0 Å². The third-order valence-corrected chi connectivity index (χ3v) is 7.39. The highest BCUT2D eigenvalue weighted by atomic mass is 32.2. The number of rotatable bonds is 5. The number of carbonyl (C=O) groups is 1. The fourth-order valence-corrected chi connectivity index (χ4v) is 6.09. The van der Waals surface area contributed by atoms with Crippen LogP contribution in [0, 0.1) is 11.8 Å². The molecule has 142 valence electrons. The smallest absolute Gasteiger partial charge is 0.224 e. The van der Waals surface area contributed by atoms with E-state index in [-0.39, 0.29) is 22.5 Å². The Hall–Kier alpha value is -2.21. The number of amides is 1. The van der Waals surface area contributed by atoms with Crippen LogP contribution in [0.15, 0.2) is 47.6 Å². The molecule has 27 heavy (non-hydrogen) atoms. The molecule has 1 saturated heterocycles. The lowest BCUT2D eigenvalue weighted by atomic mass is 9.73. The van der Waals surface area contributed by atoms with Crippen LogP contribution in [-0.2, 0) is 11.3 Å². The van der Waals surface area contributed by atoms with Gasteiger partial charge in [0, 0.05) is 42.1 Å². The number of para-hydroxylation sites is 1. The van der Waals surface area contributed by atoms with E-state index in [0.29, 0.717) is 18.0 Å². The first-order valence-corrected chi connectivity index (χ1v) is 10.2.